The molecule has 0 unspecified atom stereocenters. The van der Waals surface area contributed by atoms with Gasteiger partial charge in [-0.25, -0.2) is 0 Å². The van der Waals surface area contributed by atoms with Gasteiger partial charge in [0, 0.05) is 13.1 Å². The molecule has 17 heavy (non-hydrogen) atoms. The van der Waals surface area contributed by atoms with Crippen LogP contribution < -0.4 is 11.5 Å². The Hall–Kier alpha value is -1.26. The van der Waals surface area contributed by atoms with Crippen molar-refractivity contribution in [3.05, 3.63) is 0 Å². The maximum Gasteiger partial charge on any atom is 0.224 e. The number of hydrogen-bond acceptors (Lipinski definition) is 2. The van der Waals surface area contributed by atoms with Crippen LogP contribution in [-0.4, -0.2) is 36.4 Å². The van der Waals surface area contributed by atoms with Crippen LogP contribution in [0.3, 0.4) is 0 Å². The molecule has 1 aliphatic rings. The number of hydrogen-bond donors (Lipinski definition) is 2. The fourth-order valence-electron chi connectivity index (χ4n) is 1.76. The molecule has 0 aromatic carbocycles. The second kappa shape index (κ2) is 5.89. The zero-order chi connectivity index (χ0) is 12.9. The maximum absolute atomic E-state index is 11.2. The summed E-state index contributed by atoms with van der Waals surface area (Å²) in [5.74, 6) is 0.200. The molecule has 0 radical (unpaired) electrons. The van der Waals surface area contributed by atoms with Crippen LogP contribution >= 0.6 is 0 Å². The lowest BCUT2D eigenvalue weighted by Crippen LogP contribution is -2.40. The summed E-state index contributed by atoms with van der Waals surface area (Å²) >= 11 is 0. The van der Waals surface area contributed by atoms with E-state index in [2.05, 4.69) is 9.89 Å². The Balaban J connectivity index is 2.55. The largest absolute Gasteiger partial charge is 0.370 e. The molecule has 0 saturated carbocycles. The number of carbonyl (C=O) groups is 1. The molecular formula is C12H24N4O. The van der Waals surface area contributed by atoms with E-state index in [1.54, 1.807) is 13.8 Å². The molecule has 1 heterocycles. The molecule has 0 aliphatic carbocycles. The summed E-state index contributed by atoms with van der Waals surface area (Å²) in [5.41, 5.74) is 10.6. The Kier molecular flexibility index (Phi) is 4.78. The third-order valence-electron chi connectivity index (χ3n) is 3.23. The van der Waals surface area contributed by atoms with Crippen LogP contribution in [0.15, 0.2) is 4.99 Å². The highest BCUT2D eigenvalue weighted by Crippen LogP contribution is 2.15. The van der Waals surface area contributed by atoms with Crippen molar-refractivity contribution in [1.29, 1.82) is 0 Å². The van der Waals surface area contributed by atoms with Gasteiger partial charge in [-0.05, 0) is 26.7 Å². The van der Waals surface area contributed by atoms with E-state index in [1.165, 1.54) is 12.8 Å². The molecule has 1 rings (SSSR count). The topological polar surface area (TPSA) is 84.7 Å². The van der Waals surface area contributed by atoms with E-state index >= 15 is 0 Å². The zero-order valence-electron chi connectivity index (χ0n) is 10.9. The molecule has 1 saturated heterocycles. The minimum absolute atomic E-state index is 0.343. The molecule has 98 valence electrons. The number of guanidine groups is 1. The molecule has 0 bridgehead atoms. The van der Waals surface area contributed by atoms with Gasteiger partial charge in [0.2, 0.25) is 5.91 Å². The SMILES string of the molecule is CC(C)(CN=C(N)N1CCCCCC1)C(N)=O. The number of primary amides is 1. The van der Waals surface area contributed by atoms with E-state index in [9.17, 15) is 4.79 Å². The van der Waals surface area contributed by atoms with Crippen molar-refractivity contribution in [3.8, 4) is 0 Å². The predicted molar refractivity (Wildman–Crippen MR) is 69.5 cm³/mol. The summed E-state index contributed by atoms with van der Waals surface area (Å²) < 4.78 is 0. The van der Waals surface area contributed by atoms with Crippen LogP contribution in [0.2, 0.25) is 0 Å². The van der Waals surface area contributed by atoms with Crippen molar-refractivity contribution < 1.29 is 4.79 Å². The minimum atomic E-state index is -0.629. The summed E-state index contributed by atoms with van der Waals surface area (Å²) in [7, 11) is 0. The molecule has 1 fully saturated rings. The summed E-state index contributed by atoms with van der Waals surface area (Å²) in [6.07, 6.45) is 4.85. The number of carbonyl (C=O) groups excluding carboxylic acids is 1. The van der Waals surface area contributed by atoms with Gasteiger partial charge in [0.15, 0.2) is 5.96 Å². The third kappa shape index (κ3) is 4.24. The highest BCUT2D eigenvalue weighted by Gasteiger charge is 2.24. The molecule has 5 nitrogen and oxygen atoms in total. The Morgan fingerprint density at radius 3 is 2.18 bits per heavy atom. The van der Waals surface area contributed by atoms with Gasteiger partial charge >= 0.3 is 0 Å². The molecule has 4 N–H and O–H groups in total. The van der Waals surface area contributed by atoms with E-state index in [0.29, 0.717) is 12.5 Å². The van der Waals surface area contributed by atoms with Gasteiger partial charge in [0.05, 0.1) is 12.0 Å². The summed E-state index contributed by atoms with van der Waals surface area (Å²) in [6.45, 7) is 5.85. The molecule has 0 aromatic heterocycles. The monoisotopic (exact) mass is 240 g/mol. The molecule has 1 amide bonds. The van der Waals surface area contributed by atoms with Crippen LogP contribution in [0, 0.1) is 5.41 Å². The van der Waals surface area contributed by atoms with Crippen molar-refractivity contribution in [2.45, 2.75) is 39.5 Å². The third-order valence-corrected chi connectivity index (χ3v) is 3.23. The van der Waals surface area contributed by atoms with Crippen molar-refractivity contribution in [3.63, 3.8) is 0 Å². The van der Waals surface area contributed by atoms with E-state index in [1.807, 2.05) is 0 Å². The smallest absolute Gasteiger partial charge is 0.224 e. The molecule has 0 spiro atoms. The Morgan fingerprint density at radius 1 is 1.18 bits per heavy atom. The molecule has 5 heteroatoms. The Morgan fingerprint density at radius 2 is 1.71 bits per heavy atom. The van der Waals surface area contributed by atoms with Crippen LogP contribution in [0.1, 0.15) is 39.5 Å². The number of rotatable bonds is 3. The first-order chi connectivity index (χ1) is 7.93. The highest BCUT2D eigenvalue weighted by atomic mass is 16.1. The maximum atomic E-state index is 11.2. The molecular weight excluding hydrogens is 216 g/mol. The lowest BCUT2D eigenvalue weighted by molar-refractivity contribution is -0.125. The molecule has 1 aliphatic heterocycles. The summed E-state index contributed by atoms with van der Waals surface area (Å²) in [5, 5.41) is 0. The van der Waals surface area contributed by atoms with Gasteiger partial charge in [0.25, 0.3) is 0 Å². The number of likely N-dealkylation sites (tertiary alicyclic amines) is 1. The Labute approximate surface area is 103 Å². The van der Waals surface area contributed by atoms with E-state index in [0.717, 1.165) is 25.9 Å². The quantitative estimate of drug-likeness (QED) is 0.562. The van der Waals surface area contributed by atoms with Gasteiger partial charge < -0.3 is 16.4 Å². The van der Waals surface area contributed by atoms with Gasteiger partial charge in [-0.15, -0.1) is 0 Å². The summed E-state index contributed by atoms with van der Waals surface area (Å²) in [4.78, 5) is 17.6. The van der Waals surface area contributed by atoms with Crippen molar-refractivity contribution in [2.75, 3.05) is 19.6 Å². The fraction of sp³-hybridized carbons (Fsp3) is 0.833. The number of nitrogens with two attached hydrogens (primary N) is 2. The number of nitrogens with zero attached hydrogens (tertiary/aromatic N) is 2. The highest BCUT2D eigenvalue weighted by molar-refractivity contribution is 5.82. The first-order valence-electron chi connectivity index (χ1n) is 6.28. The number of aliphatic imine (C=N–C) groups is 1. The second-order valence-electron chi connectivity index (χ2n) is 5.32. The minimum Gasteiger partial charge on any atom is -0.370 e. The second-order valence-corrected chi connectivity index (χ2v) is 5.32. The number of amides is 1. The van der Waals surface area contributed by atoms with Gasteiger partial charge in [-0.1, -0.05) is 12.8 Å². The molecule has 0 aromatic rings. The van der Waals surface area contributed by atoms with Crippen LogP contribution in [0.25, 0.3) is 0 Å². The van der Waals surface area contributed by atoms with Crippen LogP contribution in [-0.2, 0) is 4.79 Å². The predicted octanol–water partition coefficient (Wildman–Crippen LogP) is 0.689. The van der Waals surface area contributed by atoms with E-state index < -0.39 is 5.41 Å². The average molecular weight is 240 g/mol. The lowest BCUT2D eigenvalue weighted by atomic mass is 9.93. The lowest BCUT2D eigenvalue weighted by Gasteiger charge is -2.23. The van der Waals surface area contributed by atoms with E-state index in [4.69, 9.17) is 11.5 Å². The fourth-order valence-corrected chi connectivity index (χ4v) is 1.76. The zero-order valence-corrected chi connectivity index (χ0v) is 10.9. The van der Waals surface area contributed by atoms with Gasteiger partial charge in [-0.3, -0.25) is 9.79 Å². The summed E-state index contributed by atoms with van der Waals surface area (Å²) in [6, 6.07) is 0. The van der Waals surface area contributed by atoms with Gasteiger partial charge in [0.1, 0.15) is 0 Å². The Bertz CT molecular complexity index is 291. The van der Waals surface area contributed by atoms with Crippen molar-refractivity contribution in [2.24, 2.45) is 21.9 Å². The van der Waals surface area contributed by atoms with Crippen molar-refractivity contribution >= 4 is 11.9 Å². The first kappa shape index (κ1) is 13.8. The van der Waals surface area contributed by atoms with Crippen molar-refractivity contribution in [1.82, 2.24) is 4.90 Å². The standard InChI is InChI=1S/C12H24N4O/c1-12(2,10(13)17)9-15-11(14)16-7-5-3-4-6-8-16/h3-9H2,1-2H3,(H2,13,17)(H2,14,15). The normalized spacial score (nSPS) is 18.9. The average Bonchev–Trinajstić information content (AvgIpc) is 2.54. The van der Waals surface area contributed by atoms with Gasteiger partial charge in [-0.2, -0.15) is 0 Å². The van der Waals surface area contributed by atoms with Crippen LogP contribution in [0.5, 0.6) is 0 Å². The van der Waals surface area contributed by atoms with Crippen LogP contribution in [0.4, 0.5) is 0 Å². The van der Waals surface area contributed by atoms with E-state index in [-0.39, 0.29) is 5.91 Å². The molecule has 0 atom stereocenters. The first-order valence-corrected chi connectivity index (χ1v) is 6.28.